The number of ether oxygens (including phenoxy) is 1. The minimum absolute atomic E-state index is 0.0246. The van der Waals surface area contributed by atoms with Crippen LogP contribution >= 0.6 is 0 Å². The van der Waals surface area contributed by atoms with Crippen LogP contribution in [-0.2, 0) is 4.79 Å². The maximum atomic E-state index is 12.3. The highest BCUT2D eigenvalue weighted by atomic mass is 16.5. The zero-order valence-corrected chi connectivity index (χ0v) is 16.4. The number of hydrogen-bond acceptors (Lipinski definition) is 4. The summed E-state index contributed by atoms with van der Waals surface area (Å²) in [5.74, 6) is 0.840. The maximum Gasteiger partial charge on any atom is 0.238 e. The van der Waals surface area contributed by atoms with Crippen LogP contribution < -0.4 is 15.0 Å². The number of benzene rings is 2. The average molecular weight is 367 g/mol. The summed E-state index contributed by atoms with van der Waals surface area (Å²) in [5, 5.41) is 2.97. The molecule has 2 aromatic carbocycles. The second-order valence-electron chi connectivity index (χ2n) is 7.34. The molecule has 0 radical (unpaired) electrons. The summed E-state index contributed by atoms with van der Waals surface area (Å²) >= 11 is 0. The summed E-state index contributed by atoms with van der Waals surface area (Å²) in [5.41, 5.74) is 3.34. The lowest BCUT2D eigenvalue weighted by atomic mass is 10.2. The lowest BCUT2D eigenvalue weighted by Crippen LogP contribution is -2.48. The van der Waals surface area contributed by atoms with Crippen molar-refractivity contribution in [1.29, 1.82) is 0 Å². The third kappa shape index (κ3) is 5.73. The number of aryl methyl sites for hydroxylation is 1. The molecular weight excluding hydrogens is 338 g/mol. The normalized spacial score (nSPS) is 15.0. The summed E-state index contributed by atoms with van der Waals surface area (Å²) < 4.78 is 5.62. The predicted octanol–water partition coefficient (Wildman–Crippen LogP) is 3.54. The number of rotatable bonds is 6. The lowest BCUT2D eigenvalue weighted by molar-refractivity contribution is -0.117. The van der Waals surface area contributed by atoms with Crippen molar-refractivity contribution in [3.63, 3.8) is 0 Å². The summed E-state index contributed by atoms with van der Waals surface area (Å²) in [6.07, 6.45) is 0.143. The molecule has 0 unspecified atom stereocenters. The van der Waals surface area contributed by atoms with E-state index in [9.17, 15) is 4.79 Å². The van der Waals surface area contributed by atoms with Gasteiger partial charge in [-0.1, -0.05) is 12.1 Å². The number of carbonyl (C=O) groups is 1. The Bertz CT molecular complexity index is 750. The van der Waals surface area contributed by atoms with Gasteiger partial charge in [-0.3, -0.25) is 9.69 Å². The lowest BCUT2D eigenvalue weighted by Gasteiger charge is -2.35. The minimum atomic E-state index is 0.0246. The van der Waals surface area contributed by atoms with Gasteiger partial charge in [-0.2, -0.15) is 0 Å². The zero-order chi connectivity index (χ0) is 19.2. The summed E-state index contributed by atoms with van der Waals surface area (Å²) in [7, 11) is 0. The molecule has 0 bridgehead atoms. The topological polar surface area (TPSA) is 44.8 Å². The molecular formula is C22H29N3O2. The van der Waals surface area contributed by atoms with Crippen molar-refractivity contribution < 1.29 is 9.53 Å². The number of hydrogen-bond donors (Lipinski definition) is 1. The van der Waals surface area contributed by atoms with E-state index in [0.29, 0.717) is 6.54 Å². The van der Waals surface area contributed by atoms with Crippen LogP contribution in [0.1, 0.15) is 19.4 Å². The van der Waals surface area contributed by atoms with Crippen molar-refractivity contribution in [1.82, 2.24) is 4.90 Å². The summed E-state index contributed by atoms with van der Waals surface area (Å²) in [6, 6.07) is 16.1. The third-order valence-corrected chi connectivity index (χ3v) is 4.62. The van der Waals surface area contributed by atoms with E-state index in [4.69, 9.17) is 4.74 Å². The summed E-state index contributed by atoms with van der Waals surface area (Å²) in [6.45, 7) is 10.2. The van der Waals surface area contributed by atoms with E-state index in [0.717, 1.165) is 37.6 Å². The van der Waals surface area contributed by atoms with Gasteiger partial charge in [-0.25, -0.2) is 0 Å². The molecule has 1 amide bonds. The Kier molecular flexibility index (Phi) is 6.35. The molecule has 5 nitrogen and oxygen atoms in total. The van der Waals surface area contributed by atoms with Gasteiger partial charge in [-0.15, -0.1) is 0 Å². The van der Waals surface area contributed by atoms with E-state index in [2.05, 4.69) is 46.3 Å². The number of carbonyl (C=O) groups excluding carboxylic acids is 1. The first-order valence-electron chi connectivity index (χ1n) is 9.60. The second-order valence-corrected chi connectivity index (χ2v) is 7.34. The Morgan fingerprint density at radius 3 is 2.41 bits per heavy atom. The Balaban J connectivity index is 1.45. The fourth-order valence-electron chi connectivity index (χ4n) is 3.28. The molecule has 1 fully saturated rings. The highest BCUT2D eigenvalue weighted by molar-refractivity contribution is 5.92. The molecule has 1 heterocycles. The van der Waals surface area contributed by atoms with Crippen molar-refractivity contribution >= 4 is 17.3 Å². The smallest absolute Gasteiger partial charge is 0.238 e. The number of anilines is 2. The van der Waals surface area contributed by atoms with Crippen LogP contribution in [-0.4, -0.2) is 49.6 Å². The SMILES string of the molecule is Cc1cccc(N2CCN(CC(=O)Nc3ccc(OC(C)C)cc3)CC2)c1. The van der Waals surface area contributed by atoms with Crippen molar-refractivity contribution in [3.8, 4) is 5.75 Å². The van der Waals surface area contributed by atoms with Gasteiger partial charge in [0.15, 0.2) is 0 Å². The van der Waals surface area contributed by atoms with Gasteiger partial charge in [0.25, 0.3) is 0 Å². The van der Waals surface area contributed by atoms with E-state index in [1.54, 1.807) is 0 Å². The molecule has 1 aliphatic rings. The quantitative estimate of drug-likeness (QED) is 0.848. The largest absolute Gasteiger partial charge is 0.491 e. The third-order valence-electron chi connectivity index (χ3n) is 4.62. The van der Waals surface area contributed by atoms with Crippen LogP contribution in [0.3, 0.4) is 0 Å². The van der Waals surface area contributed by atoms with Crippen molar-refractivity contribution in [2.24, 2.45) is 0 Å². The standard InChI is InChI=1S/C22H29N3O2/c1-17(2)27-21-9-7-19(8-10-21)23-22(26)16-24-11-13-25(14-12-24)20-6-4-5-18(3)15-20/h4-10,15,17H,11-14,16H2,1-3H3,(H,23,26). The van der Waals surface area contributed by atoms with Crippen LogP contribution in [0.25, 0.3) is 0 Å². The van der Waals surface area contributed by atoms with E-state index >= 15 is 0 Å². The molecule has 1 N–H and O–H groups in total. The van der Waals surface area contributed by atoms with Crippen LogP contribution in [0.5, 0.6) is 5.75 Å². The Morgan fingerprint density at radius 2 is 1.78 bits per heavy atom. The summed E-state index contributed by atoms with van der Waals surface area (Å²) in [4.78, 5) is 16.9. The van der Waals surface area contributed by atoms with Gasteiger partial charge in [0.05, 0.1) is 12.6 Å². The highest BCUT2D eigenvalue weighted by Gasteiger charge is 2.19. The Hall–Kier alpha value is -2.53. The predicted molar refractivity (Wildman–Crippen MR) is 111 cm³/mol. The van der Waals surface area contributed by atoms with Gasteiger partial charge < -0.3 is 15.0 Å². The van der Waals surface area contributed by atoms with E-state index < -0.39 is 0 Å². The molecule has 0 aliphatic carbocycles. The van der Waals surface area contributed by atoms with Crippen LogP contribution in [0.15, 0.2) is 48.5 Å². The molecule has 0 saturated carbocycles. The maximum absolute atomic E-state index is 12.3. The van der Waals surface area contributed by atoms with Gasteiger partial charge in [-0.05, 0) is 62.7 Å². The number of nitrogens with one attached hydrogen (secondary N) is 1. The van der Waals surface area contributed by atoms with Crippen molar-refractivity contribution in [2.75, 3.05) is 42.9 Å². The van der Waals surface area contributed by atoms with Gasteiger partial charge in [0.1, 0.15) is 5.75 Å². The van der Waals surface area contributed by atoms with Crippen LogP contribution in [0, 0.1) is 6.92 Å². The number of amides is 1. The molecule has 0 aromatic heterocycles. The molecule has 0 atom stereocenters. The minimum Gasteiger partial charge on any atom is -0.491 e. The zero-order valence-electron chi connectivity index (χ0n) is 16.4. The first-order chi connectivity index (χ1) is 13.0. The number of piperazine rings is 1. The van der Waals surface area contributed by atoms with Crippen LogP contribution in [0.2, 0.25) is 0 Å². The Morgan fingerprint density at radius 1 is 1.07 bits per heavy atom. The number of nitrogens with zero attached hydrogens (tertiary/aromatic N) is 2. The van der Waals surface area contributed by atoms with Crippen LogP contribution in [0.4, 0.5) is 11.4 Å². The van der Waals surface area contributed by atoms with Crippen molar-refractivity contribution in [2.45, 2.75) is 26.9 Å². The van der Waals surface area contributed by atoms with Crippen molar-refractivity contribution in [3.05, 3.63) is 54.1 Å². The highest BCUT2D eigenvalue weighted by Crippen LogP contribution is 2.19. The average Bonchev–Trinajstić information content (AvgIpc) is 2.63. The molecule has 1 aliphatic heterocycles. The molecule has 2 aromatic rings. The molecule has 0 spiro atoms. The molecule has 5 heteroatoms. The second kappa shape index (κ2) is 8.91. The first kappa shape index (κ1) is 19.2. The van der Waals surface area contributed by atoms with E-state index in [-0.39, 0.29) is 12.0 Å². The fourth-order valence-corrected chi connectivity index (χ4v) is 3.28. The molecule has 3 rings (SSSR count). The van der Waals surface area contributed by atoms with Gasteiger partial charge in [0.2, 0.25) is 5.91 Å². The van der Waals surface area contributed by atoms with E-state index in [1.165, 1.54) is 11.3 Å². The van der Waals surface area contributed by atoms with E-state index in [1.807, 2.05) is 38.1 Å². The monoisotopic (exact) mass is 367 g/mol. The molecule has 27 heavy (non-hydrogen) atoms. The van der Waals surface area contributed by atoms with Gasteiger partial charge >= 0.3 is 0 Å². The fraction of sp³-hybridized carbons (Fsp3) is 0.409. The Labute approximate surface area is 161 Å². The van der Waals surface area contributed by atoms with Gasteiger partial charge in [0, 0.05) is 37.6 Å². The molecule has 144 valence electrons. The first-order valence-corrected chi connectivity index (χ1v) is 9.60. The molecule has 1 saturated heterocycles.